The number of rotatable bonds is 8. The van der Waals surface area contributed by atoms with E-state index in [9.17, 15) is 9.59 Å². The Labute approximate surface area is 160 Å². The van der Waals surface area contributed by atoms with E-state index in [1.807, 2.05) is 44.2 Å². The molecular weight excluding hydrogens is 342 g/mol. The summed E-state index contributed by atoms with van der Waals surface area (Å²) in [6.07, 6.45) is 1.94. The van der Waals surface area contributed by atoms with Gasteiger partial charge in [0.15, 0.2) is 6.61 Å². The molecule has 0 saturated carbocycles. The molecule has 2 rings (SSSR count). The van der Waals surface area contributed by atoms with Gasteiger partial charge in [0.25, 0.3) is 5.91 Å². The van der Waals surface area contributed by atoms with Crippen LogP contribution in [0.15, 0.2) is 30.3 Å². The summed E-state index contributed by atoms with van der Waals surface area (Å²) in [4.78, 5) is 24.5. The highest BCUT2D eigenvalue weighted by molar-refractivity contribution is 5.93. The van der Waals surface area contributed by atoms with Crippen LogP contribution >= 0.6 is 0 Å². The van der Waals surface area contributed by atoms with Gasteiger partial charge < -0.3 is 10.1 Å². The van der Waals surface area contributed by atoms with Gasteiger partial charge in [0.05, 0.1) is 17.1 Å². The number of aryl methyl sites for hydroxylation is 1. The number of ether oxygens (including phenoxy) is 1. The monoisotopic (exact) mass is 371 g/mol. The minimum Gasteiger partial charge on any atom is -0.452 e. The smallest absolute Gasteiger partial charge is 0.342 e. The second kappa shape index (κ2) is 9.35. The first-order valence-electron chi connectivity index (χ1n) is 9.37. The summed E-state index contributed by atoms with van der Waals surface area (Å²) >= 11 is 0. The summed E-state index contributed by atoms with van der Waals surface area (Å²) in [5.41, 5.74) is 2.54. The molecular formula is C21H29N3O3. The molecule has 1 heterocycles. The zero-order valence-electron chi connectivity index (χ0n) is 16.8. The van der Waals surface area contributed by atoms with Crippen LogP contribution in [0.4, 0.5) is 0 Å². The average Bonchev–Trinajstić information content (AvgIpc) is 2.93. The summed E-state index contributed by atoms with van der Waals surface area (Å²) in [7, 11) is 0. The summed E-state index contributed by atoms with van der Waals surface area (Å²) < 4.78 is 6.93. The Morgan fingerprint density at radius 2 is 1.78 bits per heavy atom. The van der Waals surface area contributed by atoms with Crippen molar-refractivity contribution in [2.24, 2.45) is 5.92 Å². The number of benzene rings is 1. The Balaban J connectivity index is 1.96. The van der Waals surface area contributed by atoms with Crippen LogP contribution in [0.5, 0.6) is 0 Å². The maximum atomic E-state index is 12.5. The molecule has 27 heavy (non-hydrogen) atoms. The van der Waals surface area contributed by atoms with Crippen molar-refractivity contribution in [3.05, 3.63) is 47.3 Å². The van der Waals surface area contributed by atoms with E-state index in [0.29, 0.717) is 22.9 Å². The number of carbonyl (C=O) groups excluding carboxylic acids is 2. The van der Waals surface area contributed by atoms with Crippen LogP contribution in [0.25, 0.3) is 5.69 Å². The molecule has 0 fully saturated rings. The van der Waals surface area contributed by atoms with Crippen molar-refractivity contribution in [2.75, 3.05) is 6.61 Å². The van der Waals surface area contributed by atoms with Gasteiger partial charge in [0, 0.05) is 6.04 Å². The van der Waals surface area contributed by atoms with Crippen LogP contribution < -0.4 is 5.32 Å². The minimum atomic E-state index is -0.530. The van der Waals surface area contributed by atoms with E-state index in [0.717, 1.165) is 18.5 Å². The number of esters is 1. The SMILES string of the molecule is Cc1nn(-c2ccccc2)c(C)c1C(=O)OCC(=O)N[C@@H](C)CCC(C)C. The fourth-order valence-electron chi connectivity index (χ4n) is 2.93. The second-order valence-corrected chi connectivity index (χ2v) is 7.31. The molecule has 0 radical (unpaired) electrons. The van der Waals surface area contributed by atoms with E-state index >= 15 is 0 Å². The third kappa shape index (κ3) is 5.67. The molecule has 0 spiro atoms. The molecule has 0 saturated heterocycles. The number of nitrogens with one attached hydrogen (secondary N) is 1. The van der Waals surface area contributed by atoms with Gasteiger partial charge in [0.1, 0.15) is 5.56 Å². The average molecular weight is 371 g/mol. The summed E-state index contributed by atoms with van der Waals surface area (Å²) in [5, 5.41) is 7.30. The van der Waals surface area contributed by atoms with E-state index in [-0.39, 0.29) is 18.6 Å². The van der Waals surface area contributed by atoms with Crippen molar-refractivity contribution < 1.29 is 14.3 Å². The Kier molecular flexibility index (Phi) is 7.16. The van der Waals surface area contributed by atoms with Crippen LogP contribution in [-0.4, -0.2) is 34.3 Å². The van der Waals surface area contributed by atoms with E-state index in [1.165, 1.54) is 0 Å². The van der Waals surface area contributed by atoms with Crippen LogP contribution in [0, 0.1) is 19.8 Å². The van der Waals surface area contributed by atoms with Crippen molar-refractivity contribution >= 4 is 11.9 Å². The molecule has 0 aliphatic heterocycles. The van der Waals surface area contributed by atoms with Gasteiger partial charge >= 0.3 is 5.97 Å². The molecule has 2 aromatic rings. The van der Waals surface area contributed by atoms with Crippen LogP contribution in [0.3, 0.4) is 0 Å². The van der Waals surface area contributed by atoms with Crippen molar-refractivity contribution in [3.8, 4) is 5.69 Å². The normalized spacial score (nSPS) is 12.1. The van der Waals surface area contributed by atoms with Gasteiger partial charge in [-0.05, 0) is 51.7 Å². The molecule has 6 nitrogen and oxygen atoms in total. The fourth-order valence-corrected chi connectivity index (χ4v) is 2.93. The lowest BCUT2D eigenvalue weighted by Crippen LogP contribution is -2.36. The van der Waals surface area contributed by atoms with E-state index < -0.39 is 5.97 Å². The lowest BCUT2D eigenvalue weighted by Gasteiger charge is -2.15. The van der Waals surface area contributed by atoms with Gasteiger partial charge in [-0.15, -0.1) is 0 Å². The number of hydrogen-bond donors (Lipinski definition) is 1. The standard InChI is InChI=1S/C21H29N3O3/c1-14(2)11-12-15(3)22-19(25)13-27-21(26)20-16(4)23-24(17(20)5)18-9-7-6-8-10-18/h6-10,14-15H,11-13H2,1-5H3,(H,22,25)/t15-/m0/s1. The number of aromatic nitrogens is 2. The predicted octanol–water partition coefficient (Wildman–Crippen LogP) is 3.59. The molecule has 1 atom stereocenters. The molecule has 0 aliphatic carbocycles. The fraction of sp³-hybridized carbons (Fsp3) is 0.476. The first kappa shape index (κ1) is 20.7. The molecule has 146 valence electrons. The summed E-state index contributed by atoms with van der Waals surface area (Å²) in [6.45, 7) is 9.54. The second-order valence-electron chi connectivity index (χ2n) is 7.31. The van der Waals surface area contributed by atoms with E-state index in [4.69, 9.17) is 4.74 Å². The van der Waals surface area contributed by atoms with Crippen molar-refractivity contribution in [1.82, 2.24) is 15.1 Å². The first-order valence-corrected chi connectivity index (χ1v) is 9.37. The highest BCUT2D eigenvalue weighted by Crippen LogP contribution is 2.18. The number of para-hydroxylation sites is 1. The number of carbonyl (C=O) groups is 2. The van der Waals surface area contributed by atoms with Gasteiger partial charge in [-0.25, -0.2) is 9.48 Å². The van der Waals surface area contributed by atoms with Crippen LogP contribution in [0.1, 0.15) is 55.4 Å². The molecule has 0 bridgehead atoms. The zero-order chi connectivity index (χ0) is 20.0. The van der Waals surface area contributed by atoms with Gasteiger partial charge in [-0.3, -0.25) is 4.79 Å². The largest absolute Gasteiger partial charge is 0.452 e. The van der Waals surface area contributed by atoms with Crippen molar-refractivity contribution in [1.29, 1.82) is 0 Å². The first-order chi connectivity index (χ1) is 12.8. The van der Waals surface area contributed by atoms with E-state index in [1.54, 1.807) is 11.6 Å². The number of nitrogens with zero attached hydrogens (tertiary/aromatic N) is 2. The van der Waals surface area contributed by atoms with Gasteiger partial charge in [-0.2, -0.15) is 5.10 Å². The highest BCUT2D eigenvalue weighted by atomic mass is 16.5. The van der Waals surface area contributed by atoms with Crippen LogP contribution in [0.2, 0.25) is 0 Å². The Bertz CT molecular complexity index is 781. The predicted molar refractivity (Wildman–Crippen MR) is 105 cm³/mol. The van der Waals surface area contributed by atoms with Crippen molar-refractivity contribution in [2.45, 2.75) is 53.5 Å². The zero-order valence-corrected chi connectivity index (χ0v) is 16.8. The highest BCUT2D eigenvalue weighted by Gasteiger charge is 2.21. The minimum absolute atomic E-state index is 0.0582. The molecule has 1 aromatic carbocycles. The number of amides is 1. The molecule has 1 amide bonds. The maximum Gasteiger partial charge on any atom is 0.342 e. The third-order valence-corrected chi connectivity index (χ3v) is 4.41. The molecule has 1 aromatic heterocycles. The van der Waals surface area contributed by atoms with Gasteiger partial charge in [-0.1, -0.05) is 32.0 Å². The quantitative estimate of drug-likeness (QED) is 0.720. The Morgan fingerprint density at radius 1 is 1.11 bits per heavy atom. The Morgan fingerprint density at radius 3 is 2.41 bits per heavy atom. The third-order valence-electron chi connectivity index (χ3n) is 4.41. The lowest BCUT2D eigenvalue weighted by atomic mass is 10.0. The molecule has 0 aliphatic rings. The van der Waals surface area contributed by atoms with Crippen LogP contribution in [-0.2, 0) is 9.53 Å². The summed E-state index contributed by atoms with van der Waals surface area (Å²) in [6, 6.07) is 9.64. The lowest BCUT2D eigenvalue weighted by molar-refractivity contribution is -0.124. The topological polar surface area (TPSA) is 73.2 Å². The summed E-state index contributed by atoms with van der Waals surface area (Å²) in [5.74, 6) is -0.225. The maximum absolute atomic E-state index is 12.5. The molecule has 1 N–H and O–H groups in total. The molecule has 0 unspecified atom stereocenters. The number of hydrogen-bond acceptors (Lipinski definition) is 4. The van der Waals surface area contributed by atoms with Crippen molar-refractivity contribution in [3.63, 3.8) is 0 Å². The van der Waals surface area contributed by atoms with E-state index in [2.05, 4.69) is 24.3 Å². The van der Waals surface area contributed by atoms with Gasteiger partial charge in [0.2, 0.25) is 0 Å². The Hall–Kier alpha value is -2.63. The molecule has 6 heteroatoms.